The van der Waals surface area contributed by atoms with Gasteiger partial charge in [-0.15, -0.1) is 6.58 Å². The summed E-state index contributed by atoms with van der Waals surface area (Å²) in [7, 11) is 3.04. The molecule has 1 fully saturated rings. The lowest BCUT2D eigenvalue weighted by Crippen LogP contribution is -2.47. The van der Waals surface area contributed by atoms with Crippen molar-refractivity contribution in [3.63, 3.8) is 0 Å². The molecule has 1 aliphatic heterocycles. The lowest BCUT2D eigenvalue weighted by atomic mass is 9.92. The Kier molecular flexibility index (Phi) is 5.57. The third-order valence-electron chi connectivity index (χ3n) is 3.96. The van der Waals surface area contributed by atoms with Crippen molar-refractivity contribution >= 4 is 5.97 Å². The number of nitrogens with one attached hydrogen (secondary N) is 1. The molecule has 1 heterocycles. The maximum absolute atomic E-state index is 12.0. The smallest absolute Gasteiger partial charge is 0.326 e. The minimum Gasteiger partial charge on any atom is -0.497 e. The highest BCUT2D eigenvalue weighted by molar-refractivity contribution is 5.81. The molecule has 1 aromatic carbocycles. The number of ether oxygens (including phenoxy) is 3. The molecule has 1 aliphatic rings. The van der Waals surface area contributed by atoms with Gasteiger partial charge >= 0.3 is 5.97 Å². The van der Waals surface area contributed by atoms with Gasteiger partial charge in [-0.05, 0) is 24.1 Å². The molecular weight excluding hydrogens is 282 g/mol. The molecule has 0 bridgehead atoms. The van der Waals surface area contributed by atoms with Gasteiger partial charge in [0.05, 0.1) is 26.9 Å². The number of carbonyl (C=O) groups excluding carboxylic acids is 1. The molecule has 5 nitrogen and oxygen atoms in total. The number of hydrogen-bond acceptors (Lipinski definition) is 5. The average molecular weight is 305 g/mol. The van der Waals surface area contributed by atoms with Crippen molar-refractivity contribution < 1.29 is 19.0 Å². The molecule has 0 spiro atoms. The first-order chi connectivity index (χ1) is 10.6. The zero-order valence-electron chi connectivity index (χ0n) is 13.1. The highest BCUT2D eigenvalue weighted by Crippen LogP contribution is 2.27. The number of esters is 1. The number of benzene rings is 1. The van der Waals surface area contributed by atoms with Crippen molar-refractivity contribution in [2.75, 3.05) is 20.8 Å². The summed E-state index contributed by atoms with van der Waals surface area (Å²) in [6, 6.07) is 7.75. The maximum Gasteiger partial charge on any atom is 0.326 e. The van der Waals surface area contributed by atoms with Gasteiger partial charge < -0.3 is 14.2 Å². The number of carbonyl (C=O) groups is 1. The summed E-state index contributed by atoms with van der Waals surface area (Å²) in [6.07, 6.45) is 2.82. The Hall–Kier alpha value is -1.85. The molecule has 2 rings (SSSR count). The minimum absolute atomic E-state index is 0.0267. The van der Waals surface area contributed by atoms with E-state index in [1.807, 2.05) is 24.3 Å². The predicted octanol–water partition coefficient (Wildman–Crippen LogP) is 2.06. The van der Waals surface area contributed by atoms with E-state index >= 15 is 0 Å². The largest absolute Gasteiger partial charge is 0.497 e. The van der Waals surface area contributed by atoms with Gasteiger partial charge in [0.2, 0.25) is 0 Å². The van der Waals surface area contributed by atoms with Crippen molar-refractivity contribution in [3.05, 3.63) is 42.5 Å². The number of rotatable bonds is 7. The summed E-state index contributed by atoms with van der Waals surface area (Å²) in [5.74, 6) is 0.560. The van der Waals surface area contributed by atoms with E-state index in [0.717, 1.165) is 11.3 Å². The number of hydrogen-bond donors (Lipinski definition) is 1. The van der Waals surface area contributed by atoms with E-state index in [2.05, 4.69) is 11.9 Å². The molecule has 0 amide bonds. The van der Waals surface area contributed by atoms with Crippen LogP contribution in [0.1, 0.15) is 18.4 Å². The molecule has 1 saturated heterocycles. The molecule has 1 aromatic rings. The Labute approximate surface area is 131 Å². The first kappa shape index (κ1) is 16.5. The Morgan fingerprint density at radius 3 is 2.73 bits per heavy atom. The van der Waals surface area contributed by atoms with Gasteiger partial charge in [-0.2, -0.15) is 0 Å². The van der Waals surface area contributed by atoms with E-state index in [0.29, 0.717) is 26.0 Å². The van der Waals surface area contributed by atoms with Gasteiger partial charge in [0.1, 0.15) is 11.3 Å². The van der Waals surface area contributed by atoms with Crippen LogP contribution in [-0.2, 0) is 20.9 Å². The highest BCUT2D eigenvalue weighted by Gasteiger charge is 2.45. The minimum atomic E-state index is -0.707. The van der Waals surface area contributed by atoms with E-state index in [1.165, 1.54) is 7.11 Å². The van der Waals surface area contributed by atoms with E-state index in [9.17, 15) is 4.79 Å². The Bertz CT molecular complexity index is 514. The monoisotopic (exact) mass is 305 g/mol. The van der Waals surface area contributed by atoms with Crippen molar-refractivity contribution in [3.8, 4) is 5.75 Å². The van der Waals surface area contributed by atoms with Gasteiger partial charge in [0.25, 0.3) is 0 Å². The van der Waals surface area contributed by atoms with E-state index < -0.39 is 5.54 Å². The van der Waals surface area contributed by atoms with E-state index in [-0.39, 0.29) is 12.1 Å². The van der Waals surface area contributed by atoms with E-state index in [4.69, 9.17) is 14.2 Å². The van der Waals surface area contributed by atoms with Crippen LogP contribution in [0, 0.1) is 0 Å². The standard InChI is InChI=1S/C17H23NO4/c1-4-9-17(16(19)21-3)10-15(11-18-17)22-12-13-5-7-14(20-2)8-6-13/h4-8,15,18H,1,9-12H2,2-3H3/t15-,17-/m1/s1. The first-order valence-electron chi connectivity index (χ1n) is 7.32. The van der Waals surface area contributed by atoms with Gasteiger partial charge in [-0.25, -0.2) is 0 Å². The lowest BCUT2D eigenvalue weighted by Gasteiger charge is -2.24. The van der Waals surface area contributed by atoms with Crippen LogP contribution in [-0.4, -0.2) is 38.4 Å². The fourth-order valence-corrected chi connectivity index (χ4v) is 2.73. The summed E-state index contributed by atoms with van der Waals surface area (Å²) in [6.45, 7) is 4.85. The van der Waals surface area contributed by atoms with Gasteiger partial charge in [-0.1, -0.05) is 18.2 Å². The summed E-state index contributed by atoms with van der Waals surface area (Å²) in [4.78, 5) is 12.0. The average Bonchev–Trinajstić information content (AvgIpc) is 2.97. The van der Waals surface area contributed by atoms with Gasteiger partial charge in [-0.3, -0.25) is 10.1 Å². The number of methoxy groups -OCH3 is 2. The van der Waals surface area contributed by atoms with Crippen molar-refractivity contribution in [2.24, 2.45) is 0 Å². The van der Waals surface area contributed by atoms with Crippen molar-refractivity contribution in [2.45, 2.75) is 31.1 Å². The van der Waals surface area contributed by atoms with Crippen LogP contribution in [0.15, 0.2) is 36.9 Å². The van der Waals surface area contributed by atoms with Crippen LogP contribution in [0.3, 0.4) is 0 Å². The topological polar surface area (TPSA) is 56.8 Å². The zero-order chi connectivity index (χ0) is 16.0. The van der Waals surface area contributed by atoms with Crippen molar-refractivity contribution in [1.29, 1.82) is 0 Å². The van der Waals surface area contributed by atoms with Crippen LogP contribution in [0.5, 0.6) is 5.75 Å². The molecule has 0 aromatic heterocycles. The molecule has 1 N–H and O–H groups in total. The molecule has 5 heteroatoms. The fourth-order valence-electron chi connectivity index (χ4n) is 2.73. The molecule has 0 radical (unpaired) electrons. The summed E-state index contributed by atoms with van der Waals surface area (Å²) >= 11 is 0. The van der Waals surface area contributed by atoms with E-state index in [1.54, 1.807) is 13.2 Å². The Morgan fingerprint density at radius 1 is 1.41 bits per heavy atom. The zero-order valence-corrected chi connectivity index (χ0v) is 13.1. The first-order valence-corrected chi connectivity index (χ1v) is 7.32. The molecule has 22 heavy (non-hydrogen) atoms. The molecule has 0 unspecified atom stereocenters. The fraction of sp³-hybridized carbons (Fsp3) is 0.471. The van der Waals surface area contributed by atoms with Gasteiger partial charge in [0, 0.05) is 13.0 Å². The molecule has 2 atom stereocenters. The summed E-state index contributed by atoms with van der Waals surface area (Å²) < 4.78 is 15.9. The lowest BCUT2D eigenvalue weighted by molar-refractivity contribution is -0.148. The highest BCUT2D eigenvalue weighted by atomic mass is 16.5. The third kappa shape index (κ3) is 3.67. The summed E-state index contributed by atoms with van der Waals surface area (Å²) in [5.41, 5.74) is 0.362. The molecular formula is C17H23NO4. The van der Waals surface area contributed by atoms with Crippen LogP contribution < -0.4 is 10.1 Å². The van der Waals surface area contributed by atoms with Crippen LogP contribution in [0.2, 0.25) is 0 Å². The maximum atomic E-state index is 12.0. The van der Waals surface area contributed by atoms with Crippen LogP contribution >= 0.6 is 0 Å². The second-order valence-corrected chi connectivity index (χ2v) is 5.43. The van der Waals surface area contributed by atoms with Crippen molar-refractivity contribution in [1.82, 2.24) is 5.32 Å². The van der Waals surface area contributed by atoms with Crippen LogP contribution in [0.4, 0.5) is 0 Å². The normalized spacial score (nSPS) is 24.0. The van der Waals surface area contributed by atoms with Crippen LogP contribution in [0.25, 0.3) is 0 Å². The quantitative estimate of drug-likeness (QED) is 0.617. The third-order valence-corrected chi connectivity index (χ3v) is 3.96. The Morgan fingerprint density at radius 2 is 2.14 bits per heavy atom. The van der Waals surface area contributed by atoms with Gasteiger partial charge in [0.15, 0.2) is 0 Å². The molecule has 0 aliphatic carbocycles. The molecule has 120 valence electrons. The second-order valence-electron chi connectivity index (χ2n) is 5.43. The Balaban J connectivity index is 1.91. The SMILES string of the molecule is C=CC[C@]1(C(=O)OC)C[C@@H](OCc2ccc(OC)cc2)CN1. The predicted molar refractivity (Wildman–Crippen MR) is 83.8 cm³/mol. The molecule has 0 saturated carbocycles. The summed E-state index contributed by atoms with van der Waals surface area (Å²) in [5, 5.41) is 3.24. The second kappa shape index (κ2) is 7.42.